The minimum atomic E-state index is -2.11. The molecular formula is C37H24Br2O7. The Morgan fingerprint density at radius 1 is 0.587 bits per heavy atom. The van der Waals surface area contributed by atoms with Gasteiger partial charge in [-0.2, -0.15) is 0 Å². The summed E-state index contributed by atoms with van der Waals surface area (Å²) >= 11 is 6.97. The average molecular weight is 740 g/mol. The van der Waals surface area contributed by atoms with Gasteiger partial charge in [0.25, 0.3) is 0 Å². The van der Waals surface area contributed by atoms with Crippen LogP contribution in [0, 0.1) is 21.7 Å². The molecule has 8 rings (SSSR count). The van der Waals surface area contributed by atoms with Crippen molar-refractivity contribution in [3.05, 3.63) is 128 Å². The number of hydrogen-bond acceptors (Lipinski definition) is 7. The van der Waals surface area contributed by atoms with E-state index in [0.29, 0.717) is 31.2 Å². The number of carbonyl (C=O) groups is 5. The molecule has 9 heteroatoms. The monoisotopic (exact) mass is 738 g/mol. The Bertz CT molecular complexity index is 1930. The van der Waals surface area contributed by atoms with Crippen LogP contribution in [-0.4, -0.2) is 29.3 Å². The number of carbonyl (C=O) groups excluding carboxylic acids is 5. The molecule has 2 fully saturated rings. The molecule has 0 spiro atoms. The Kier molecular flexibility index (Phi) is 5.98. The van der Waals surface area contributed by atoms with Crippen molar-refractivity contribution in [3.63, 3.8) is 0 Å². The van der Waals surface area contributed by atoms with Crippen LogP contribution in [0.2, 0.25) is 0 Å². The number of hydrogen-bond donors (Lipinski definition) is 0. The highest BCUT2D eigenvalue weighted by Gasteiger charge is 2.97. The van der Waals surface area contributed by atoms with Gasteiger partial charge in [-0.25, -0.2) is 0 Å². The number of rotatable bonds is 6. The zero-order chi connectivity index (χ0) is 32.4. The second kappa shape index (κ2) is 9.42. The lowest BCUT2D eigenvalue weighted by Crippen LogP contribution is -2.49. The van der Waals surface area contributed by atoms with Crippen molar-refractivity contribution in [3.8, 4) is 11.5 Å². The number of benzene rings is 4. The first-order valence-corrected chi connectivity index (χ1v) is 16.3. The minimum Gasteiger partial charge on any atom is -0.425 e. The number of fused-ring (bicyclic) bond motifs is 6. The van der Waals surface area contributed by atoms with E-state index >= 15 is 4.79 Å². The van der Waals surface area contributed by atoms with Crippen LogP contribution in [0.25, 0.3) is 0 Å². The molecule has 4 aromatic rings. The van der Waals surface area contributed by atoms with E-state index in [1.807, 2.05) is 0 Å². The zero-order valence-corrected chi connectivity index (χ0v) is 27.7. The van der Waals surface area contributed by atoms with Gasteiger partial charge in [0.1, 0.15) is 22.3 Å². The smallest absolute Gasteiger partial charge is 0.326 e. The molecular weight excluding hydrogens is 716 g/mol. The third kappa shape index (κ3) is 3.25. The van der Waals surface area contributed by atoms with E-state index < -0.39 is 62.8 Å². The number of ether oxygens (including phenoxy) is 2. The normalized spacial score (nSPS) is 31.2. The number of Topliss-reactive ketones (excluding diaryl/α,β-unsaturated/α-hetero) is 3. The molecule has 46 heavy (non-hydrogen) atoms. The maximum Gasteiger partial charge on any atom is 0.326 e. The topological polar surface area (TPSA) is 104 Å². The molecule has 0 radical (unpaired) electrons. The maximum absolute atomic E-state index is 15.7. The summed E-state index contributed by atoms with van der Waals surface area (Å²) in [4.78, 5) is 73.5. The van der Waals surface area contributed by atoms with Crippen molar-refractivity contribution in [2.75, 3.05) is 0 Å². The summed E-state index contributed by atoms with van der Waals surface area (Å²) in [5, 5.41) is 0. The molecule has 2 saturated carbocycles. The van der Waals surface area contributed by atoms with E-state index in [9.17, 15) is 19.2 Å². The van der Waals surface area contributed by atoms with Gasteiger partial charge in [-0.15, -0.1) is 0 Å². The maximum atomic E-state index is 15.7. The highest BCUT2D eigenvalue weighted by atomic mass is 79.9. The standard InChI is InChI=1S/C37H24Br2O7/c1-34(29(40)19-9-5-3-6-10-19)27-23-17-21(38)13-15-25(23)45-32(43)36(27,34)31(42)37-28(24-18-22(39)14-16-26(24)46-33(37)44)35(37,2)30(41)20-11-7-4-8-12-20/h3-18,27-28H,1-2H3/t27-,28+,34-,35-,36-,37+/m0/s1. The van der Waals surface area contributed by atoms with Crippen molar-refractivity contribution in [2.24, 2.45) is 21.7 Å². The molecule has 0 saturated heterocycles. The fourth-order valence-corrected chi connectivity index (χ4v) is 9.41. The Hall–Kier alpha value is -4.21. The van der Waals surface area contributed by atoms with Gasteiger partial charge in [0.15, 0.2) is 17.3 Å². The van der Waals surface area contributed by atoms with Crippen molar-refractivity contribution in [1.82, 2.24) is 0 Å². The van der Waals surface area contributed by atoms with Crippen LogP contribution in [0.3, 0.4) is 0 Å². The second-order valence-electron chi connectivity index (χ2n) is 12.7. The molecule has 4 aliphatic rings. The Balaban J connectivity index is 1.39. The predicted octanol–water partition coefficient (Wildman–Crippen LogP) is 7.26. The third-order valence-electron chi connectivity index (χ3n) is 10.8. The first-order chi connectivity index (χ1) is 22.0. The molecule has 2 aliphatic carbocycles. The van der Waals surface area contributed by atoms with Crippen LogP contribution >= 0.6 is 31.9 Å². The summed E-state index contributed by atoms with van der Waals surface area (Å²) in [6.45, 7) is 3.18. The fraction of sp³-hybridized carbons (Fsp3) is 0.216. The molecule has 7 nitrogen and oxygen atoms in total. The summed E-state index contributed by atoms with van der Waals surface area (Å²) in [7, 11) is 0. The Morgan fingerprint density at radius 3 is 1.33 bits per heavy atom. The van der Waals surface area contributed by atoms with Gasteiger partial charge in [0.2, 0.25) is 0 Å². The van der Waals surface area contributed by atoms with Gasteiger partial charge in [-0.05, 0) is 36.4 Å². The second-order valence-corrected chi connectivity index (χ2v) is 14.6. The molecule has 0 bridgehead atoms. The Morgan fingerprint density at radius 2 is 0.957 bits per heavy atom. The largest absolute Gasteiger partial charge is 0.425 e. The minimum absolute atomic E-state index is 0.236. The molecule has 0 N–H and O–H groups in total. The van der Waals surface area contributed by atoms with Crippen molar-refractivity contribution >= 4 is 61.1 Å². The van der Waals surface area contributed by atoms with Crippen LogP contribution in [-0.2, 0) is 14.4 Å². The van der Waals surface area contributed by atoms with E-state index in [2.05, 4.69) is 31.9 Å². The first-order valence-electron chi connectivity index (χ1n) is 14.7. The number of esters is 2. The van der Waals surface area contributed by atoms with Gasteiger partial charge in [0.05, 0.1) is 10.8 Å². The molecule has 2 aliphatic heterocycles. The van der Waals surface area contributed by atoms with Gasteiger partial charge in [0, 0.05) is 43.0 Å². The van der Waals surface area contributed by atoms with E-state index in [0.717, 1.165) is 0 Å². The highest BCUT2D eigenvalue weighted by Crippen LogP contribution is 2.87. The lowest BCUT2D eigenvalue weighted by Gasteiger charge is -2.30. The SMILES string of the molecule is C[C@@]1(C(=O)c2ccccc2)[C@@H]2c3cc(Br)ccc3OC(=O)[C@@]21C(=O)[C@@]12C(=O)Oc3ccc(Br)cc3[C@@H]1[C@@]2(C)C(=O)c1ccccc1. The molecule has 2 heterocycles. The molecule has 4 aromatic carbocycles. The van der Waals surface area contributed by atoms with Gasteiger partial charge in [-0.3, -0.25) is 24.0 Å². The van der Waals surface area contributed by atoms with Gasteiger partial charge >= 0.3 is 11.9 Å². The molecule has 0 unspecified atom stereocenters. The summed E-state index contributed by atoms with van der Waals surface area (Å²) in [6.07, 6.45) is 0. The highest BCUT2D eigenvalue weighted by molar-refractivity contribution is 9.10. The van der Waals surface area contributed by atoms with Crippen molar-refractivity contribution in [1.29, 1.82) is 0 Å². The quantitative estimate of drug-likeness (QED) is 0.0888. The fourth-order valence-electron chi connectivity index (χ4n) is 8.65. The molecule has 0 amide bonds. The van der Waals surface area contributed by atoms with Crippen molar-refractivity contribution in [2.45, 2.75) is 25.7 Å². The van der Waals surface area contributed by atoms with Crippen LogP contribution in [0.5, 0.6) is 11.5 Å². The molecule has 228 valence electrons. The van der Waals surface area contributed by atoms with Crippen LogP contribution < -0.4 is 9.47 Å². The van der Waals surface area contributed by atoms with E-state index in [4.69, 9.17) is 9.47 Å². The van der Waals surface area contributed by atoms with Crippen molar-refractivity contribution < 1.29 is 33.4 Å². The van der Waals surface area contributed by atoms with Gasteiger partial charge in [-0.1, -0.05) is 106 Å². The summed E-state index contributed by atoms with van der Waals surface area (Å²) in [6, 6.07) is 27.0. The lowest BCUT2D eigenvalue weighted by atomic mass is 9.73. The Labute approximate surface area is 280 Å². The van der Waals surface area contributed by atoms with Crippen LogP contribution in [0.1, 0.15) is 57.5 Å². The summed E-state index contributed by atoms with van der Waals surface area (Å²) in [5.41, 5.74) is -5.88. The summed E-state index contributed by atoms with van der Waals surface area (Å²) < 4.78 is 13.0. The first kappa shape index (κ1) is 29.2. The molecule has 6 atom stereocenters. The average Bonchev–Trinajstić information content (AvgIpc) is 3.88. The van der Waals surface area contributed by atoms with Crippen LogP contribution in [0.4, 0.5) is 0 Å². The number of ketones is 3. The van der Waals surface area contributed by atoms with Gasteiger partial charge < -0.3 is 9.47 Å². The van der Waals surface area contributed by atoms with E-state index in [-0.39, 0.29) is 11.5 Å². The molecule has 0 aromatic heterocycles. The third-order valence-corrected chi connectivity index (χ3v) is 11.8. The lowest BCUT2D eigenvalue weighted by molar-refractivity contribution is -0.157. The van der Waals surface area contributed by atoms with E-state index in [1.54, 1.807) is 111 Å². The van der Waals surface area contributed by atoms with Crippen LogP contribution in [0.15, 0.2) is 106 Å². The predicted molar refractivity (Wildman–Crippen MR) is 173 cm³/mol. The number of halogens is 2. The van der Waals surface area contributed by atoms with E-state index in [1.165, 1.54) is 0 Å². The zero-order valence-electron chi connectivity index (χ0n) is 24.5. The summed E-state index contributed by atoms with van der Waals surface area (Å²) in [5.74, 6) is -5.01.